The Morgan fingerprint density at radius 1 is 1.40 bits per heavy atom. The minimum atomic E-state index is -1.38. The minimum Gasteiger partial charge on any atom is -0.424 e. The van der Waals surface area contributed by atoms with Gasteiger partial charge < -0.3 is 9.47 Å². The number of hydrogen-bond acceptors (Lipinski definition) is 4. The first-order valence-corrected chi connectivity index (χ1v) is 7.42. The van der Waals surface area contributed by atoms with Gasteiger partial charge in [-0.25, -0.2) is 0 Å². The molecule has 2 fully saturated rings. The first kappa shape index (κ1) is 12.3. The van der Waals surface area contributed by atoms with Crippen LogP contribution < -0.4 is 0 Å². The molecule has 4 rings (SSSR count). The van der Waals surface area contributed by atoms with Gasteiger partial charge in [-0.3, -0.25) is 9.59 Å². The summed E-state index contributed by atoms with van der Waals surface area (Å²) in [7, 11) is 0. The van der Waals surface area contributed by atoms with Crippen molar-refractivity contribution in [2.75, 3.05) is 0 Å². The lowest BCUT2D eigenvalue weighted by Gasteiger charge is -2.41. The van der Waals surface area contributed by atoms with E-state index in [2.05, 4.69) is 6.08 Å². The number of rotatable bonds is 1. The molecule has 106 valence electrons. The number of carbonyl (C=O) groups excluding carboxylic acids is 2. The van der Waals surface area contributed by atoms with Crippen molar-refractivity contribution < 1.29 is 19.1 Å². The summed E-state index contributed by atoms with van der Waals surface area (Å²) in [6.45, 7) is 1.34. The van der Waals surface area contributed by atoms with E-state index in [9.17, 15) is 9.59 Å². The van der Waals surface area contributed by atoms with Crippen LogP contribution in [0.15, 0.2) is 23.8 Å². The third-order valence-corrected chi connectivity index (χ3v) is 5.24. The quantitative estimate of drug-likeness (QED) is 0.687. The highest BCUT2D eigenvalue weighted by atomic mass is 16.7. The monoisotopic (exact) mass is 274 g/mol. The normalized spacial score (nSPS) is 44.9. The molecule has 1 heterocycles. The van der Waals surface area contributed by atoms with Crippen LogP contribution in [0.5, 0.6) is 0 Å². The van der Waals surface area contributed by atoms with Gasteiger partial charge in [0.2, 0.25) is 5.78 Å². The number of esters is 1. The molecule has 0 aromatic carbocycles. The molecular weight excluding hydrogens is 256 g/mol. The highest BCUT2D eigenvalue weighted by Crippen LogP contribution is 2.57. The Hall–Kier alpha value is -1.42. The van der Waals surface area contributed by atoms with E-state index in [1.165, 1.54) is 19.4 Å². The molecule has 4 heteroatoms. The number of carbonyl (C=O) groups is 2. The number of ketones is 1. The zero-order valence-corrected chi connectivity index (χ0v) is 11.5. The Morgan fingerprint density at radius 2 is 2.25 bits per heavy atom. The van der Waals surface area contributed by atoms with E-state index in [1.807, 2.05) is 6.08 Å². The molecule has 0 amide bonds. The van der Waals surface area contributed by atoms with Gasteiger partial charge in [0.05, 0.1) is 12.0 Å². The molecule has 4 aliphatic rings. The fourth-order valence-corrected chi connectivity index (χ4v) is 4.60. The third-order valence-electron chi connectivity index (χ3n) is 5.24. The van der Waals surface area contributed by atoms with Gasteiger partial charge in [0, 0.05) is 12.8 Å². The maximum atomic E-state index is 12.4. The summed E-state index contributed by atoms with van der Waals surface area (Å²) in [6, 6.07) is 0. The van der Waals surface area contributed by atoms with Crippen LogP contribution in [0.25, 0.3) is 0 Å². The van der Waals surface area contributed by atoms with Gasteiger partial charge in [0.15, 0.2) is 0 Å². The molecule has 0 N–H and O–H groups in total. The highest BCUT2D eigenvalue weighted by Gasteiger charge is 2.65. The van der Waals surface area contributed by atoms with Crippen LogP contribution in [-0.4, -0.2) is 23.6 Å². The summed E-state index contributed by atoms with van der Waals surface area (Å²) in [4.78, 5) is 23.9. The average molecular weight is 274 g/mol. The van der Waals surface area contributed by atoms with E-state index in [-0.39, 0.29) is 17.8 Å². The van der Waals surface area contributed by atoms with Crippen molar-refractivity contribution in [3.63, 3.8) is 0 Å². The topological polar surface area (TPSA) is 52.6 Å². The molecule has 5 atom stereocenters. The summed E-state index contributed by atoms with van der Waals surface area (Å²) < 4.78 is 11.5. The molecule has 3 aliphatic carbocycles. The van der Waals surface area contributed by atoms with E-state index in [1.54, 1.807) is 0 Å². The van der Waals surface area contributed by atoms with Crippen LogP contribution in [0.3, 0.4) is 0 Å². The van der Waals surface area contributed by atoms with Crippen molar-refractivity contribution in [1.82, 2.24) is 0 Å². The zero-order valence-electron chi connectivity index (χ0n) is 11.5. The largest absolute Gasteiger partial charge is 0.424 e. The average Bonchev–Trinajstić information content (AvgIpc) is 2.75. The molecule has 1 aliphatic heterocycles. The highest BCUT2D eigenvalue weighted by molar-refractivity contribution is 6.00. The van der Waals surface area contributed by atoms with E-state index >= 15 is 0 Å². The van der Waals surface area contributed by atoms with Crippen LogP contribution in [0.2, 0.25) is 0 Å². The number of allylic oxidation sites excluding steroid dienone is 2. The summed E-state index contributed by atoms with van der Waals surface area (Å²) >= 11 is 0. The van der Waals surface area contributed by atoms with Crippen molar-refractivity contribution in [2.45, 2.75) is 44.5 Å². The van der Waals surface area contributed by atoms with Crippen molar-refractivity contribution in [3.8, 4) is 0 Å². The third kappa shape index (κ3) is 1.46. The molecule has 0 bridgehead atoms. The smallest absolute Gasteiger partial charge is 0.305 e. The fourth-order valence-electron chi connectivity index (χ4n) is 4.60. The van der Waals surface area contributed by atoms with Crippen molar-refractivity contribution >= 4 is 11.8 Å². The molecule has 0 aromatic heterocycles. The van der Waals surface area contributed by atoms with Gasteiger partial charge in [-0.05, 0) is 36.8 Å². The second kappa shape index (κ2) is 4.04. The van der Waals surface area contributed by atoms with Crippen LogP contribution in [-0.2, 0) is 19.1 Å². The van der Waals surface area contributed by atoms with E-state index in [0.29, 0.717) is 11.8 Å². The standard InChI is InChI=1S/C16H18O4/c1-9(17)19-16-13(18)8-7-11-6-5-10-3-2-4-12(20-16)14(10)15(11)16/h6-8,10,12,14-15H,2-5H2,1H3/t10-,12-,14+,15+,16+/m1/s1. The van der Waals surface area contributed by atoms with Gasteiger partial charge in [0.1, 0.15) is 0 Å². The van der Waals surface area contributed by atoms with Crippen LogP contribution in [0.4, 0.5) is 0 Å². The molecule has 0 radical (unpaired) electrons. The number of ether oxygens (including phenoxy) is 2. The zero-order chi connectivity index (χ0) is 13.9. The van der Waals surface area contributed by atoms with Crippen molar-refractivity contribution in [3.05, 3.63) is 23.8 Å². The summed E-state index contributed by atoms with van der Waals surface area (Å²) in [6.07, 6.45) is 9.94. The van der Waals surface area contributed by atoms with E-state index < -0.39 is 11.8 Å². The lowest BCUT2D eigenvalue weighted by atomic mass is 9.62. The van der Waals surface area contributed by atoms with Gasteiger partial charge in [0.25, 0.3) is 5.79 Å². The van der Waals surface area contributed by atoms with E-state index in [4.69, 9.17) is 9.47 Å². The number of hydrogen-bond donors (Lipinski definition) is 0. The molecule has 0 spiro atoms. The Balaban J connectivity index is 1.86. The summed E-state index contributed by atoms with van der Waals surface area (Å²) in [5, 5.41) is 0. The first-order chi connectivity index (χ1) is 9.62. The Labute approximate surface area is 117 Å². The van der Waals surface area contributed by atoms with Crippen molar-refractivity contribution in [1.29, 1.82) is 0 Å². The van der Waals surface area contributed by atoms with Crippen molar-refractivity contribution in [2.24, 2.45) is 17.8 Å². The Kier molecular flexibility index (Phi) is 2.49. The fraction of sp³-hybridized carbons (Fsp3) is 0.625. The Morgan fingerprint density at radius 3 is 3.05 bits per heavy atom. The lowest BCUT2D eigenvalue weighted by Crippen LogP contribution is -2.51. The molecule has 1 saturated carbocycles. The Bertz CT molecular complexity index is 547. The molecule has 0 aromatic rings. The van der Waals surface area contributed by atoms with E-state index in [0.717, 1.165) is 24.8 Å². The minimum absolute atomic E-state index is 0.0469. The van der Waals surface area contributed by atoms with Crippen LogP contribution >= 0.6 is 0 Å². The molecule has 0 unspecified atom stereocenters. The molecule has 4 nitrogen and oxygen atoms in total. The summed E-state index contributed by atoms with van der Waals surface area (Å²) in [5.74, 6) is -1.28. The molecular formula is C16H18O4. The lowest BCUT2D eigenvalue weighted by molar-refractivity contribution is -0.225. The maximum Gasteiger partial charge on any atom is 0.305 e. The predicted octanol–water partition coefficient (Wildman–Crippen LogP) is 2.15. The second-order valence-electron chi connectivity index (χ2n) is 6.30. The molecule has 1 saturated heterocycles. The SMILES string of the molecule is CC(=O)O[C@]12O[C@@H]3CCC[C@@H]4CC=C(C=CC1=O)[C@H]2[C@@H]43. The predicted molar refractivity (Wildman–Crippen MR) is 70.5 cm³/mol. The second-order valence-corrected chi connectivity index (χ2v) is 6.30. The van der Waals surface area contributed by atoms with Gasteiger partial charge in [-0.1, -0.05) is 18.6 Å². The van der Waals surface area contributed by atoms with Crippen LogP contribution in [0, 0.1) is 17.8 Å². The van der Waals surface area contributed by atoms with Crippen LogP contribution in [0.1, 0.15) is 32.6 Å². The van der Waals surface area contributed by atoms with Gasteiger partial charge in [-0.15, -0.1) is 0 Å². The molecule has 20 heavy (non-hydrogen) atoms. The maximum absolute atomic E-state index is 12.4. The summed E-state index contributed by atoms with van der Waals surface area (Å²) in [5.41, 5.74) is 1.11. The van der Waals surface area contributed by atoms with Gasteiger partial charge >= 0.3 is 5.97 Å². The first-order valence-electron chi connectivity index (χ1n) is 7.42. The van der Waals surface area contributed by atoms with Gasteiger partial charge in [-0.2, -0.15) is 0 Å².